The van der Waals surface area contributed by atoms with Gasteiger partial charge in [-0.2, -0.15) is 0 Å². The molecule has 128 valence electrons. The van der Waals surface area contributed by atoms with Crippen LogP contribution in [0.25, 0.3) is 11.3 Å². The number of Topliss-reactive ketones (excluding diaryl/α,β-unsaturated/α-hetero) is 1. The maximum Gasteiger partial charge on any atom is 0.374 e. The van der Waals surface area contributed by atoms with Crippen molar-refractivity contribution in [3.63, 3.8) is 0 Å². The number of aromatic nitrogens is 4. The number of esters is 1. The van der Waals surface area contributed by atoms with Gasteiger partial charge in [0.15, 0.2) is 17.7 Å². The molecule has 0 fully saturated rings. The highest BCUT2D eigenvalue weighted by molar-refractivity contribution is 5.94. The van der Waals surface area contributed by atoms with Crippen molar-refractivity contribution in [1.82, 2.24) is 20.2 Å². The van der Waals surface area contributed by atoms with Gasteiger partial charge in [0, 0.05) is 18.2 Å². The fourth-order valence-corrected chi connectivity index (χ4v) is 2.32. The first kappa shape index (κ1) is 16.6. The van der Waals surface area contributed by atoms with E-state index in [0.717, 1.165) is 5.56 Å². The van der Waals surface area contributed by atoms with Crippen molar-refractivity contribution in [3.05, 3.63) is 53.5 Å². The molecular formula is C17H16N4O4. The molecule has 25 heavy (non-hydrogen) atoms. The Morgan fingerprint density at radius 3 is 2.48 bits per heavy atom. The molecule has 8 heteroatoms. The Hall–Kier alpha value is -3.29. The second kappa shape index (κ2) is 6.68. The molecule has 0 N–H and O–H groups in total. The zero-order valence-corrected chi connectivity index (χ0v) is 14.0. The summed E-state index contributed by atoms with van der Waals surface area (Å²) in [6.45, 7) is 3.18. The van der Waals surface area contributed by atoms with E-state index in [9.17, 15) is 9.59 Å². The van der Waals surface area contributed by atoms with Crippen LogP contribution in [0.3, 0.4) is 0 Å². The summed E-state index contributed by atoms with van der Waals surface area (Å²) < 4.78 is 12.3. The Balaban J connectivity index is 1.73. The third kappa shape index (κ3) is 3.47. The fraction of sp³-hybridized carbons (Fsp3) is 0.235. The molecule has 0 saturated heterocycles. The van der Waals surface area contributed by atoms with Gasteiger partial charge in [-0.15, -0.1) is 5.10 Å². The van der Waals surface area contributed by atoms with Crippen LogP contribution >= 0.6 is 0 Å². The number of carbonyl (C=O) groups excluding carboxylic acids is 2. The Kier molecular flexibility index (Phi) is 4.42. The van der Waals surface area contributed by atoms with E-state index < -0.39 is 12.1 Å². The minimum atomic E-state index is -0.615. The summed E-state index contributed by atoms with van der Waals surface area (Å²) in [6.07, 6.45) is -0.615. The minimum absolute atomic E-state index is 0.0116. The summed E-state index contributed by atoms with van der Waals surface area (Å²) in [4.78, 5) is 23.5. The molecule has 3 rings (SSSR count). The second-order valence-electron chi connectivity index (χ2n) is 5.51. The molecule has 0 amide bonds. The van der Waals surface area contributed by atoms with Crippen LogP contribution in [0.2, 0.25) is 0 Å². The number of rotatable bonds is 5. The number of aryl methyl sites for hydroxylation is 1. The summed E-state index contributed by atoms with van der Waals surface area (Å²) >= 11 is 0. The summed E-state index contributed by atoms with van der Waals surface area (Å²) in [7, 11) is 1.66. The van der Waals surface area contributed by atoms with Crippen LogP contribution in [0.15, 0.2) is 40.8 Å². The molecule has 1 atom stereocenters. The summed E-state index contributed by atoms with van der Waals surface area (Å²) in [5.74, 6) is 0.396. The van der Waals surface area contributed by atoms with Gasteiger partial charge in [0.2, 0.25) is 5.76 Å². The van der Waals surface area contributed by atoms with Crippen molar-refractivity contribution in [2.24, 2.45) is 7.05 Å². The SMILES string of the molecule is CC(=O)c1ccc(-c2ccc(C(=O)OC(C)c3nnnn3C)o2)cc1. The normalized spacial score (nSPS) is 12.0. The molecule has 0 saturated carbocycles. The second-order valence-corrected chi connectivity index (χ2v) is 5.51. The predicted octanol–water partition coefficient (Wildman–Crippen LogP) is 2.59. The van der Waals surface area contributed by atoms with Gasteiger partial charge in [-0.05, 0) is 36.4 Å². The Labute approximate surface area is 143 Å². The Bertz CT molecular complexity index is 911. The van der Waals surface area contributed by atoms with E-state index in [-0.39, 0.29) is 11.5 Å². The van der Waals surface area contributed by atoms with E-state index >= 15 is 0 Å². The van der Waals surface area contributed by atoms with Crippen molar-refractivity contribution in [1.29, 1.82) is 0 Å². The quantitative estimate of drug-likeness (QED) is 0.520. The number of nitrogens with zero attached hydrogens (tertiary/aromatic N) is 4. The van der Waals surface area contributed by atoms with E-state index in [2.05, 4.69) is 15.5 Å². The largest absolute Gasteiger partial charge is 0.449 e. The molecule has 2 heterocycles. The number of hydrogen-bond donors (Lipinski definition) is 0. The van der Waals surface area contributed by atoms with E-state index in [0.29, 0.717) is 17.1 Å². The van der Waals surface area contributed by atoms with Crippen LogP contribution in [0, 0.1) is 0 Å². The van der Waals surface area contributed by atoms with Gasteiger partial charge >= 0.3 is 5.97 Å². The third-order valence-electron chi connectivity index (χ3n) is 3.68. The average molecular weight is 340 g/mol. The standard InChI is InChI=1S/C17H16N4O4/c1-10(22)12-4-6-13(7-5-12)14-8-9-15(25-14)17(23)24-11(2)16-18-19-20-21(16)3/h4-9,11H,1-3H3. The highest BCUT2D eigenvalue weighted by Gasteiger charge is 2.21. The first-order valence-electron chi connectivity index (χ1n) is 7.60. The van der Waals surface area contributed by atoms with Crippen LogP contribution in [0.4, 0.5) is 0 Å². The van der Waals surface area contributed by atoms with Crippen molar-refractivity contribution < 1.29 is 18.7 Å². The summed E-state index contributed by atoms with van der Waals surface area (Å²) in [5.41, 5.74) is 1.37. The van der Waals surface area contributed by atoms with Gasteiger partial charge in [0.1, 0.15) is 5.76 Å². The summed E-state index contributed by atoms with van der Waals surface area (Å²) in [6, 6.07) is 10.2. The maximum atomic E-state index is 12.2. The molecule has 3 aromatic rings. The molecule has 1 aromatic carbocycles. The van der Waals surface area contributed by atoms with Crippen LogP contribution < -0.4 is 0 Å². The average Bonchev–Trinajstić information content (AvgIpc) is 3.24. The molecular weight excluding hydrogens is 324 g/mol. The first-order chi connectivity index (χ1) is 12.0. The van der Waals surface area contributed by atoms with E-state index in [1.165, 1.54) is 17.7 Å². The first-order valence-corrected chi connectivity index (χ1v) is 7.60. The zero-order valence-electron chi connectivity index (χ0n) is 14.0. The van der Waals surface area contributed by atoms with Gasteiger partial charge in [0.05, 0.1) is 0 Å². The van der Waals surface area contributed by atoms with E-state index in [4.69, 9.17) is 9.15 Å². The molecule has 0 radical (unpaired) electrons. The lowest BCUT2D eigenvalue weighted by Crippen LogP contribution is -2.12. The highest BCUT2D eigenvalue weighted by atomic mass is 16.6. The highest BCUT2D eigenvalue weighted by Crippen LogP contribution is 2.24. The van der Waals surface area contributed by atoms with Gasteiger partial charge in [0.25, 0.3) is 0 Å². The van der Waals surface area contributed by atoms with Crippen LogP contribution in [-0.2, 0) is 11.8 Å². The lowest BCUT2D eigenvalue weighted by Gasteiger charge is -2.10. The smallest absolute Gasteiger partial charge is 0.374 e. The number of carbonyl (C=O) groups is 2. The van der Waals surface area contributed by atoms with Crippen LogP contribution in [-0.4, -0.2) is 32.0 Å². The zero-order chi connectivity index (χ0) is 18.0. The van der Waals surface area contributed by atoms with Crippen molar-refractivity contribution in [3.8, 4) is 11.3 Å². The monoisotopic (exact) mass is 340 g/mol. The van der Waals surface area contributed by atoms with Gasteiger partial charge in [-0.3, -0.25) is 4.79 Å². The topological polar surface area (TPSA) is 100 Å². The third-order valence-corrected chi connectivity index (χ3v) is 3.68. The number of benzene rings is 1. The van der Waals surface area contributed by atoms with Crippen molar-refractivity contribution in [2.45, 2.75) is 20.0 Å². The van der Waals surface area contributed by atoms with Crippen LogP contribution in [0.5, 0.6) is 0 Å². The number of ether oxygens (including phenoxy) is 1. The molecule has 0 aliphatic heterocycles. The number of ketones is 1. The molecule has 2 aromatic heterocycles. The van der Waals surface area contributed by atoms with Gasteiger partial charge in [-0.1, -0.05) is 24.3 Å². The maximum absolute atomic E-state index is 12.2. The van der Waals surface area contributed by atoms with E-state index in [1.54, 1.807) is 44.3 Å². The number of hydrogen-bond acceptors (Lipinski definition) is 7. The molecule has 0 aliphatic rings. The van der Waals surface area contributed by atoms with Crippen molar-refractivity contribution in [2.75, 3.05) is 0 Å². The molecule has 0 bridgehead atoms. The fourth-order valence-electron chi connectivity index (χ4n) is 2.32. The molecule has 1 unspecified atom stereocenters. The molecule has 8 nitrogen and oxygen atoms in total. The van der Waals surface area contributed by atoms with Crippen molar-refractivity contribution >= 4 is 11.8 Å². The van der Waals surface area contributed by atoms with Gasteiger partial charge in [-0.25, -0.2) is 9.48 Å². The number of furan rings is 1. The minimum Gasteiger partial charge on any atom is -0.449 e. The van der Waals surface area contributed by atoms with Crippen LogP contribution in [0.1, 0.15) is 46.7 Å². The Morgan fingerprint density at radius 1 is 1.16 bits per heavy atom. The van der Waals surface area contributed by atoms with Gasteiger partial charge < -0.3 is 9.15 Å². The number of tetrazole rings is 1. The lowest BCUT2D eigenvalue weighted by molar-refractivity contribution is 0.0277. The summed E-state index contributed by atoms with van der Waals surface area (Å²) in [5, 5.41) is 11.0. The Morgan fingerprint density at radius 2 is 1.88 bits per heavy atom. The predicted molar refractivity (Wildman–Crippen MR) is 86.8 cm³/mol. The molecule has 0 spiro atoms. The lowest BCUT2D eigenvalue weighted by atomic mass is 10.1. The van der Waals surface area contributed by atoms with E-state index in [1.807, 2.05) is 0 Å². The molecule has 0 aliphatic carbocycles.